The van der Waals surface area contributed by atoms with Crippen LogP contribution >= 0.6 is 0 Å². The molecule has 0 fully saturated rings. The summed E-state index contributed by atoms with van der Waals surface area (Å²) in [5.41, 5.74) is 7.25. The molecule has 0 aliphatic rings. The minimum absolute atomic E-state index is 0.163. The molecule has 0 heterocycles. The first-order valence-corrected chi connectivity index (χ1v) is 7.82. The van der Waals surface area contributed by atoms with Crippen molar-refractivity contribution in [2.45, 2.75) is 65.5 Å². The predicted molar refractivity (Wildman–Crippen MR) is 84.6 cm³/mol. The van der Waals surface area contributed by atoms with Gasteiger partial charge in [0.15, 0.2) is 11.5 Å². The van der Waals surface area contributed by atoms with Crippen molar-refractivity contribution < 1.29 is 9.47 Å². The Morgan fingerprint density at radius 1 is 1.05 bits per heavy atom. The molecule has 0 aliphatic carbocycles. The molecule has 1 unspecified atom stereocenters. The number of benzene rings is 1. The van der Waals surface area contributed by atoms with E-state index in [4.69, 9.17) is 15.2 Å². The molecular formula is C17H29NO2. The number of hydrogen-bond donors (Lipinski definition) is 1. The SMILES string of the molecule is CCOc1cccc(CC(N)CC)c1OC(CC)CC. The zero-order chi connectivity index (χ0) is 15.0. The van der Waals surface area contributed by atoms with E-state index in [2.05, 4.69) is 26.8 Å². The van der Waals surface area contributed by atoms with Gasteiger partial charge in [-0.1, -0.05) is 32.9 Å². The highest BCUT2D eigenvalue weighted by Crippen LogP contribution is 2.34. The van der Waals surface area contributed by atoms with Gasteiger partial charge in [0.25, 0.3) is 0 Å². The highest BCUT2D eigenvalue weighted by molar-refractivity contribution is 5.47. The molecule has 0 aromatic heterocycles. The molecule has 0 spiro atoms. The van der Waals surface area contributed by atoms with Crippen molar-refractivity contribution in [3.8, 4) is 11.5 Å². The second-order valence-corrected chi connectivity index (χ2v) is 5.11. The lowest BCUT2D eigenvalue weighted by molar-refractivity contribution is 0.179. The highest BCUT2D eigenvalue weighted by atomic mass is 16.5. The van der Waals surface area contributed by atoms with Crippen LogP contribution in [0.4, 0.5) is 0 Å². The molecular weight excluding hydrogens is 250 g/mol. The number of rotatable bonds is 9. The maximum atomic E-state index is 6.19. The van der Waals surface area contributed by atoms with Crippen LogP contribution in [0.2, 0.25) is 0 Å². The third-order valence-electron chi connectivity index (χ3n) is 3.56. The van der Waals surface area contributed by atoms with Gasteiger partial charge in [0.1, 0.15) is 0 Å². The van der Waals surface area contributed by atoms with Gasteiger partial charge >= 0.3 is 0 Å². The molecule has 114 valence electrons. The van der Waals surface area contributed by atoms with E-state index in [1.54, 1.807) is 0 Å². The van der Waals surface area contributed by atoms with E-state index in [9.17, 15) is 0 Å². The Bertz CT molecular complexity index is 389. The Balaban J connectivity index is 3.04. The van der Waals surface area contributed by atoms with Crippen LogP contribution < -0.4 is 15.2 Å². The van der Waals surface area contributed by atoms with E-state index in [-0.39, 0.29) is 12.1 Å². The van der Waals surface area contributed by atoms with Crippen molar-refractivity contribution >= 4 is 0 Å². The smallest absolute Gasteiger partial charge is 0.164 e. The molecule has 2 N–H and O–H groups in total. The van der Waals surface area contributed by atoms with Gasteiger partial charge in [-0.15, -0.1) is 0 Å². The van der Waals surface area contributed by atoms with Crippen LogP contribution in [0.1, 0.15) is 52.5 Å². The molecule has 1 atom stereocenters. The molecule has 1 aromatic rings. The van der Waals surface area contributed by atoms with Crippen LogP contribution in [0, 0.1) is 0 Å². The lowest BCUT2D eigenvalue weighted by Crippen LogP contribution is -2.23. The van der Waals surface area contributed by atoms with E-state index < -0.39 is 0 Å². The van der Waals surface area contributed by atoms with E-state index >= 15 is 0 Å². The zero-order valence-electron chi connectivity index (χ0n) is 13.3. The molecule has 0 aliphatic heterocycles. The van der Waals surface area contributed by atoms with Crippen LogP contribution in [0.3, 0.4) is 0 Å². The van der Waals surface area contributed by atoms with Crippen molar-refractivity contribution in [1.29, 1.82) is 0 Å². The summed E-state index contributed by atoms with van der Waals surface area (Å²) >= 11 is 0. The third-order valence-corrected chi connectivity index (χ3v) is 3.56. The van der Waals surface area contributed by atoms with Crippen LogP contribution in [0.25, 0.3) is 0 Å². The van der Waals surface area contributed by atoms with E-state index in [0.717, 1.165) is 42.7 Å². The Morgan fingerprint density at radius 2 is 1.75 bits per heavy atom. The second kappa shape index (κ2) is 8.85. The molecule has 0 saturated heterocycles. The Hall–Kier alpha value is -1.22. The Kier molecular flexibility index (Phi) is 7.45. The van der Waals surface area contributed by atoms with Gasteiger partial charge in [0.2, 0.25) is 0 Å². The Morgan fingerprint density at radius 3 is 2.30 bits per heavy atom. The minimum atomic E-state index is 0.163. The molecule has 0 amide bonds. The summed E-state index contributed by atoms with van der Waals surface area (Å²) < 4.78 is 11.9. The van der Waals surface area contributed by atoms with Crippen LogP contribution in [0.5, 0.6) is 11.5 Å². The van der Waals surface area contributed by atoms with Gasteiger partial charge in [0.05, 0.1) is 12.7 Å². The van der Waals surface area contributed by atoms with Gasteiger partial charge in [-0.2, -0.15) is 0 Å². The lowest BCUT2D eigenvalue weighted by atomic mass is 10.0. The van der Waals surface area contributed by atoms with Gasteiger partial charge < -0.3 is 15.2 Å². The molecule has 1 aromatic carbocycles. The largest absolute Gasteiger partial charge is 0.490 e. The van der Waals surface area contributed by atoms with E-state index in [1.165, 1.54) is 0 Å². The van der Waals surface area contributed by atoms with Crippen molar-refractivity contribution in [3.05, 3.63) is 23.8 Å². The predicted octanol–water partition coefficient (Wildman–Crippen LogP) is 3.93. The number of hydrogen-bond acceptors (Lipinski definition) is 3. The first-order chi connectivity index (χ1) is 9.65. The monoisotopic (exact) mass is 279 g/mol. The van der Waals surface area contributed by atoms with E-state index in [1.807, 2.05) is 19.1 Å². The molecule has 3 heteroatoms. The quantitative estimate of drug-likeness (QED) is 0.745. The van der Waals surface area contributed by atoms with Crippen LogP contribution in [0.15, 0.2) is 18.2 Å². The topological polar surface area (TPSA) is 44.5 Å². The first kappa shape index (κ1) is 16.8. The summed E-state index contributed by atoms with van der Waals surface area (Å²) in [6.07, 6.45) is 4.01. The fraction of sp³-hybridized carbons (Fsp3) is 0.647. The molecule has 0 saturated carbocycles. The fourth-order valence-electron chi connectivity index (χ4n) is 2.17. The summed E-state index contributed by atoms with van der Waals surface area (Å²) in [4.78, 5) is 0. The van der Waals surface area contributed by atoms with Gasteiger partial charge in [-0.3, -0.25) is 0 Å². The van der Waals surface area contributed by atoms with Crippen molar-refractivity contribution in [1.82, 2.24) is 0 Å². The zero-order valence-corrected chi connectivity index (χ0v) is 13.3. The van der Waals surface area contributed by atoms with Crippen molar-refractivity contribution in [2.75, 3.05) is 6.61 Å². The fourth-order valence-corrected chi connectivity index (χ4v) is 2.17. The average molecular weight is 279 g/mol. The summed E-state index contributed by atoms with van der Waals surface area (Å²) in [7, 11) is 0. The maximum Gasteiger partial charge on any atom is 0.164 e. The second-order valence-electron chi connectivity index (χ2n) is 5.11. The number of nitrogens with two attached hydrogens (primary N) is 1. The molecule has 0 radical (unpaired) electrons. The summed E-state index contributed by atoms with van der Waals surface area (Å²) in [5.74, 6) is 1.71. The van der Waals surface area contributed by atoms with E-state index in [0.29, 0.717) is 6.61 Å². The van der Waals surface area contributed by atoms with Crippen molar-refractivity contribution in [3.63, 3.8) is 0 Å². The van der Waals surface area contributed by atoms with Gasteiger partial charge in [0, 0.05) is 6.04 Å². The number of ether oxygens (including phenoxy) is 2. The van der Waals surface area contributed by atoms with Gasteiger partial charge in [-0.25, -0.2) is 0 Å². The minimum Gasteiger partial charge on any atom is -0.490 e. The summed E-state index contributed by atoms with van der Waals surface area (Å²) in [6, 6.07) is 6.25. The third kappa shape index (κ3) is 4.71. The lowest BCUT2D eigenvalue weighted by Gasteiger charge is -2.22. The average Bonchev–Trinajstić information content (AvgIpc) is 2.47. The maximum absolute atomic E-state index is 6.19. The standard InChI is InChI=1S/C17H29NO2/c1-5-14(18)12-13-10-9-11-16(19-8-4)17(13)20-15(6-2)7-3/h9-11,14-15H,5-8,12,18H2,1-4H3. The summed E-state index contributed by atoms with van der Waals surface area (Å²) in [5, 5.41) is 0. The molecule has 20 heavy (non-hydrogen) atoms. The Labute approximate surface area is 123 Å². The van der Waals surface area contributed by atoms with Gasteiger partial charge in [-0.05, 0) is 44.2 Å². The normalized spacial score (nSPS) is 12.5. The summed E-state index contributed by atoms with van der Waals surface area (Å²) in [6.45, 7) is 9.04. The van der Waals surface area contributed by atoms with Crippen LogP contribution in [-0.2, 0) is 6.42 Å². The molecule has 0 bridgehead atoms. The van der Waals surface area contributed by atoms with Crippen molar-refractivity contribution in [2.24, 2.45) is 5.73 Å². The highest BCUT2D eigenvalue weighted by Gasteiger charge is 2.16. The first-order valence-electron chi connectivity index (χ1n) is 7.82. The molecule has 1 rings (SSSR count). The molecule has 3 nitrogen and oxygen atoms in total. The van der Waals surface area contributed by atoms with Crippen LogP contribution in [-0.4, -0.2) is 18.8 Å². The number of para-hydroxylation sites is 1.